The van der Waals surface area contributed by atoms with E-state index in [-0.39, 0.29) is 17.5 Å². The fourth-order valence-electron chi connectivity index (χ4n) is 3.81. The molecular formula is C22H27N5O4. The molecule has 1 saturated heterocycles. The molecule has 9 heteroatoms. The smallest absolute Gasteiger partial charge is 0.360 e. The summed E-state index contributed by atoms with van der Waals surface area (Å²) in [7, 11) is 2.94. The second-order valence-electron chi connectivity index (χ2n) is 8.09. The highest BCUT2D eigenvalue weighted by molar-refractivity contribution is 6.07. The van der Waals surface area contributed by atoms with Crippen molar-refractivity contribution in [1.29, 1.82) is 0 Å². The number of aryl methyl sites for hydroxylation is 1. The highest BCUT2D eigenvalue weighted by atomic mass is 16.5. The highest BCUT2D eigenvalue weighted by Gasteiger charge is 2.34. The van der Waals surface area contributed by atoms with Crippen LogP contribution in [0.3, 0.4) is 0 Å². The number of methoxy groups -OCH3 is 1. The van der Waals surface area contributed by atoms with Crippen LogP contribution in [0.5, 0.6) is 0 Å². The van der Waals surface area contributed by atoms with Gasteiger partial charge in [-0.15, -0.1) is 0 Å². The molecule has 2 amide bonds. The summed E-state index contributed by atoms with van der Waals surface area (Å²) in [4.78, 5) is 41.1. The molecule has 1 aromatic heterocycles. The van der Waals surface area contributed by atoms with Gasteiger partial charge in [0, 0.05) is 57.4 Å². The maximum absolute atomic E-state index is 12.8. The molecule has 2 aromatic rings. The van der Waals surface area contributed by atoms with E-state index in [1.54, 1.807) is 19.3 Å². The first kappa shape index (κ1) is 21.0. The number of hydrogen-bond acceptors (Lipinski definition) is 6. The minimum absolute atomic E-state index is 0.0631. The van der Waals surface area contributed by atoms with Crippen molar-refractivity contribution in [3.8, 4) is 0 Å². The molecule has 1 N–H and O–H groups in total. The molecule has 0 atom stereocenters. The first-order chi connectivity index (χ1) is 14.9. The van der Waals surface area contributed by atoms with Crippen LogP contribution in [0.4, 0.5) is 5.69 Å². The molecule has 1 aromatic carbocycles. The lowest BCUT2D eigenvalue weighted by atomic mass is 10.1. The van der Waals surface area contributed by atoms with Gasteiger partial charge in [0.2, 0.25) is 5.91 Å². The van der Waals surface area contributed by atoms with Crippen molar-refractivity contribution >= 4 is 23.5 Å². The number of ether oxygens (including phenoxy) is 1. The normalized spacial score (nSPS) is 16.8. The predicted octanol–water partition coefficient (Wildman–Crippen LogP) is 1.51. The number of amides is 2. The first-order valence-corrected chi connectivity index (χ1v) is 10.5. The van der Waals surface area contributed by atoms with Gasteiger partial charge in [-0.1, -0.05) is 12.1 Å². The molecule has 0 bridgehead atoms. The van der Waals surface area contributed by atoms with Gasteiger partial charge in [-0.25, -0.2) is 4.79 Å². The summed E-state index contributed by atoms with van der Waals surface area (Å²) in [5.41, 5.74) is 1.89. The Balaban J connectivity index is 1.37. The molecule has 2 heterocycles. The molecule has 0 unspecified atom stereocenters. The number of esters is 1. The minimum atomic E-state index is -0.607. The van der Waals surface area contributed by atoms with Crippen molar-refractivity contribution in [3.05, 3.63) is 47.3 Å². The fourth-order valence-corrected chi connectivity index (χ4v) is 3.81. The lowest BCUT2D eigenvalue weighted by Crippen LogP contribution is -2.48. The van der Waals surface area contributed by atoms with E-state index in [1.165, 1.54) is 11.8 Å². The lowest BCUT2D eigenvalue weighted by molar-refractivity contribution is -0.134. The monoisotopic (exact) mass is 425 g/mol. The van der Waals surface area contributed by atoms with Gasteiger partial charge in [0.05, 0.1) is 12.8 Å². The number of aromatic nitrogens is 2. The van der Waals surface area contributed by atoms with Gasteiger partial charge in [-0.2, -0.15) is 5.10 Å². The number of piperazine rings is 1. The molecule has 4 rings (SSSR count). The molecule has 1 aliphatic carbocycles. The molecule has 0 spiro atoms. The van der Waals surface area contributed by atoms with E-state index in [9.17, 15) is 14.4 Å². The summed E-state index contributed by atoms with van der Waals surface area (Å²) in [6, 6.07) is 7.43. The molecule has 2 aliphatic rings. The van der Waals surface area contributed by atoms with E-state index < -0.39 is 5.97 Å². The average molecular weight is 425 g/mol. The van der Waals surface area contributed by atoms with Gasteiger partial charge in [-0.3, -0.25) is 19.2 Å². The summed E-state index contributed by atoms with van der Waals surface area (Å²) in [6.45, 7) is 3.88. The van der Waals surface area contributed by atoms with Crippen LogP contribution in [0.2, 0.25) is 0 Å². The Morgan fingerprint density at radius 1 is 1.16 bits per heavy atom. The van der Waals surface area contributed by atoms with E-state index in [4.69, 9.17) is 4.74 Å². The van der Waals surface area contributed by atoms with Crippen molar-refractivity contribution in [2.45, 2.75) is 19.4 Å². The number of benzene rings is 1. The Labute approximate surface area is 180 Å². The Bertz CT molecular complexity index is 990. The first-order valence-electron chi connectivity index (χ1n) is 10.5. The van der Waals surface area contributed by atoms with Crippen LogP contribution in [0.15, 0.2) is 30.5 Å². The summed E-state index contributed by atoms with van der Waals surface area (Å²) >= 11 is 0. The van der Waals surface area contributed by atoms with Crippen LogP contribution in [-0.2, 0) is 23.1 Å². The molecule has 1 aliphatic heterocycles. The SMILES string of the molecule is COC(=O)c1nn(C)cc1NC(=O)c1cccc(CN2CCN(C(=O)C3CC3)CC2)c1. The van der Waals surface area contributed by atoms with Gasteiger partial charge in [0.25, 0.3) is 5.91 Å². The molecule has 0 radical (unpaired) electrons. The summed E-state index contributed by atoms with van der Waals surface area (Å²) in [6.07, 6.45) is 3.64. The third-order valence-corrected chi connectivity index (χ3v) is 5.66. The molecule has 2 fully saturated rings. The summed E-state index contributed by atoms with van der Waals surface area (Å²) in [5.74, 6) is -0.356. The van der Waals surface area contributed by atoms with Crippen LogP contribution < -0.4 is 5.32 Å². The maximum atomic E-state index is 12.8. The number of nitrogens with one attached hydrogen (secondary N) is 1. The van der Waals surface area contributed by atoms with Crippen LogP contribution >= 0.6 is 0 Å². The second kappa shape index (κ2) is 8.89. The van der Waals surface area contributed by atoms with Crippen LogP contribution in [0.1, 0.15) is 39.3 Å². The Kier molecular flexibility index (Phi) is 6.03. The van der Waals surface area contributed by atoms with Crippen LogP contribution in [-0.4, -0.2) is 70.7 Å². The standard InChI is InChI=1S/C22H27N5O4/c1-25-14-18(19(24-25)22(30)31-2)23-20(28)17-5-3-4-15(12-17)13-26-8-10-27(11-9-26)21(29)16-6-7-16/h3-5,12,14,16H,6-11,13H2,1-2H3,(H,23,28). The van der Waals surface area contributed by atoms with Gasteiger partial charge in [-0.05, 0) is 30.5 Å². The lowest BCUT2D eigenvalue weighted by Gasteiger charge is -2.35. The van der Waals surface area contributed by atoms with Gasteiger partial charge in [0.1, 0.15) is 0 Å². The van der Waals surface area contributed by atoms with E-state index in [1.807, 2.05) is 23.1 Å². The van der Waals surface area contributed by atoms with Crippen LogP contribution in [0, 0.1) is 5.92 Å². The van der Waals surface area contributed by atoms with Gasteiger partial charge in [0.15, 0.2) is 5.69 Å². The second-order valence-corrected chi connectivity index (χ2v) is 8.09. The van der Waals surface area contributed by atoms with Gasteiger partial charge < -0.3 is 15.0 Å². The van der Waals surface area contributed by atoms with Crippen molar-refractivity contribution in [2.75, 3.05) is 38.6 Å². The van der Waals surface area contributed by atoms with E-state index in [0.29, 0.717) is 23.7 Å². The zero-order chi connectivity index (χ0) is 22.0. The summed E-state index contributed by atoms with van der Waals surface area (Å²) < 4.78 is 6.17. The predicted molar refractivity (Wildman–Crippen MR) is 114 cm³/mol. The number of rotatable bonds is 6. The molecular weight excluding hydrogens is 398 g/mol. The van der Waals surface area contributed by atoms with E-state index in [0.717, 1.165) is 44.6 Å². The Hall–Kier alpha value is -3.20. The highest BCUT2D eigenvalue weighted by Crippen LogP contribution is 2.31. The number of hydrogen-bond donors (Lipinski definition) is 1. The molecule has 164 valence electrons. The van der Waals surface area contributed by atoms with Crippen LogP contribution in [0.25, 0.3) is 0 Å². The quantitative estimate of drug-likeness (QED) is 0.705. The van der Waals surface area contributed by atoms with Crippen molar-refractivity contribution in [2.24, 2.45) is 13.0 Å². The Morgan fingerprint density at radius 3 is 2.58 bits per heavy atom. The third-order valence-electron chi connectivity index (χ3n) is 5.66. The maximum Gasteiger partial charge on any atom is 0.360 e. The minimum Gasteiger partial charge on any atom is -0.464 e. The van der Waals surface area contributed by atoms with Crippen molar-refractivity contribution < 1.29 is 19.1 Å². The van der Waals surface area contributed by atoms with E-state index >= 15 is 0 Å². The number of carbonyl (C=O) groups is 3. The number of carbonyl (C=O) groups excluding carboxylic acids is 3. The topological polar surface area (TPSA) is 96.8 Å². The van der Waals surface area contributed by atoms with Gasteiger partial charge >= 0.3 is 5.97 Å². The number of nitrogens with zero attached hydrogens (tertiary/aromatic N) is 4. The fraction of sp³-hybridized carbons (Fsp3) is 0.455. The van der Waals surface area contributed by atoms with Crippen molar-refractivity contribution in [1.82, 2.24) is 19.6 Å². The van der Waals surface area contributed by atoms with Crippen molar-refractivity contribution in [3.63, 3.8) is 0 Å². The molecule has 1 saturated carbocycles. The molecule has 31 heavy (non-hydrogen) atoms. The van der Waals surface area contributed by atoms with E-state index in [2.05, 4.69) is 15.3 Å². The Morgan fingerprint density at radius 2 is 1.90 bits per heavy atom. The number of anilines is 1. The summed E-state index contributed by atoms with van der Waals surface area (Å²) in [5, 5.41) is 6.80. The third kappa shape index (κ3) is 4.93. The average Bonchev–Trinajstić information content (AvgIpc) is 3.56. The zero-order valence-electron chi connectivity index (χ0n) is 17.8. The molecule has 9 nitrogen and oxygen atoms in total. The largest absolute Gasteiger partial charge is 0.464 e. The zero-order valence-corrected chi connectivity index (χ0v) is 17.8.